The van der Waals surface area contributed by atoms with E-state index in [0.717, 1.165) is 16.6 Å². The molecule has 0 aliphatic heterocycles. The summed E-state index contributed by atoms with van der Waals surface area (Å²) in [6, 6.07) is 5.61. The van der Waals surface area contributed by atoms with E-state index in [-0.39, 0.29) is 12.4 Å². The average molecular weight is 301 g/mol. The number of halogens is 1. The van der Waals surface area contributed by atoms with Crippen LogP contribution in [0, 0.1) is 12.7 Å². The van der Waals surface area contributed by atoms with Gasteiger partial charge in [0.05, 0.1) is 23.7 Å². The lowest BCUT2D eigenvalue weighted by atomic mass is 10.1. The molecule has 114 valence electrons. The van der Waals surface area contributed by atoms with E-state index >= 15 is 0 Å². The molecule has 0 saturated carbocycles. The number of hydrogen-bond donors (Lipinski definition) is 2. The maximum atomic E-state index is 13.0. The van der Waals surface area contributed by atoms with E-state index in [2.05, 4.69) is 20.4 Å². The van der Waals surface area contributed by atoms with Gasteiger partial charge in [-0.2, -0.15) is 5.10 Å². The van der Waals surface area contributed by atoms with Crippen LogP contribution in [0.4, 0.5) is 10.2 Å². The average Bonchev–Trinajstić information content (AvgIpc) is 2.81. The van der Waals surface area contributed by atoms with Crippen molar-refractivity contribution in [3.8, 4) is 0 Å². The number of rotatable bonds is 4. The predicted molar refractivity (Wildman–Crippen MR) is 80.9 cm³/mol. The highest BCUT2D eigenvalue weighted by atomic mass is 19.1. The molecule has 1 aromatic carbocycles. The van der Waals surface area contributed by atoms with E-state index in [4.69, 9.17) is 0 Å². The number of hydrogen-bond acceptors (Lipinski definition) is 5. The zero-order valence-corrected chi connectivity index (χ0v) is 12.3. The van der Waals surface area contributed by atoms with Crippen molar-refractivity contribution in [3.63, 3.8) is 0 Å². The Kier molecular flexibility index (Phi) is 3.72. The molecule has 22 heavy (non-hydrogen) atoms. The molecular weight excluding hydrogens is 285 g/mol. The van der Waals surface area contributed by atoms with E-state index in [0.29, 0.717) is 11.5 Å². The summed E-state index contributed by atoms with van der Waals surface area (Å²) >= 11 is 0. The van der Waals surface area contributed by atoms with Crippen molar-refractivity contribution in [1.29, 1.82) is 0 Å². The Labute approximate surface area is 126 Å². The van der Waals surface area contributed by atoms with Gasteiger partial charge in [-0.25, -0.2) is 14.4 Å². The highest BCUT2D eigenvalue weighted by molar-refractivity contribution is 5.89. The molecule has 0 aliphatic carbocycles. The fourth-order valence-electron chi connectivity index (χ4n) is 2.48. The molecule has 2 heterocycles. The molecule has 2 N–H and O–H groups in total. The van der Waals surface area contributed by atoms with Crippen molar-refractivity contribution < 1.29 is 9.50 Å². The lowest BCUT2D eigenvalue weighted by Gasteiger charge is -2.17. The summed E-state index contributed by atoms with van der Waals surface area (Å²) in [5, 5.41) is 18.0. The lowest BCUT2D eigenvalue weighted by molar-refractivity contribution is 0.276. The molecular formula is C15H16FN5O. The van der Waals surface area contributed by atoms with Crippen LogP contribution in [0.25, 0.3) is 11.0 Å². The van der Waals surface area contributed by atoms with Crippen LogP contribution in [0.15, 0.2) is 30.6 Å². The number of benzene rings is 1. The summed E-state index contributed by atoms with van der Waals surface area (Å²) < 4.78 is 14.7. The van der Waals surface area contributed by atoms with E-state index < -0.39 is 6.04 Å². The van der Waals surface area contributed by atoms with Gasteiger partial charge >= 0.3 is 0 Å². The van der Waals surface area contributed by atoms with Crippen LogP contribution in [-0.2, 0) is 7.05 Å². The number of nitrogens with one attached hydrogen (secondary N) is 1. The first-order valence-corrected chi connectivity index (χ1v) is 6.87. The van der Waals surface area contributed by atoms with Gasteiger partial charge in [0.15, 0.2) is 5.65 Å². The molecule has 3 aromatic rings. The van der Waals surface area contributed by atoms with Crippen molar-refractivity contribution in [3.05, 3.63) is 47.7 Å². The standard InChI is InChI=1S/C15H16FN5O/c1-9-13-14(17-8-18-15(13)21(2)20-9)19-12(7-22)10-3-5-11(16)6-4-10/h3-6,8,12,22H,7H2,1-2H3,(H,17,18,19). The maximum Gasteiger partial charge on any atom is 0.163 e. The van der Waals surface area contributed by atoms with E-state index in [9.17, 15) is 9.50 Å². The number of aliphatic hydroxyl groups is 1. The highest BCUT2D eigenvalue weighted by Crippen LogP contribution is 2.26. The Hall–Kier alpha value is -2.54. The summed E-state index contributed by atoms with van der Waals surface area (Å²) in [7, 11) is 1.82. The topological polar surface area (TPSA) is 75.9 Å². The van der Waals surface area contributed by atoms with Crippen LogP contribution in [0.3, 0.4) is 0 Å². The summed E-state index contributed by atoms with van der Waals surface area (Å²) in [5.41, 5.74) is 2.29. The molecule has 0 bridgehead atoms. The second kappa shape index (κ2) is 5.69. The van der Waals surface area contributed by atoms with E-state index in [1.54, 1.807) is 16.8 Å². The third-order valence-corrected chi connectivity index (χ3v) is 3.56. The van der Waals surface area contributed by atoms with Crippen LogP contribution in [-0.4, -0.2) is 31.5 Å². The van der Waals surface area contributed by atoms with Gasteiger partial charge in [0.2, 0.25) is 0 Å². The zero-order valence-electron chi connectivity index (χ0n) is 12.3. The minimum atomic E-state index is -0.390. The Morgan fingerprint density at radius 3 is 2.68 bits per heavy atom. The molecule has 0 aliphatic rings. The molecule has 0 saturated heterocycles. The van der Waals surface area contributed by atoms with Crippen molar-refractivity contribution in [2.45, 2.75) is 13.0 Å². The molecule has 0 fully saturated rings. The van der Waals surface area contributed by atoms with Crippen molar-refractivity contribution in [1.82, 2.24) is 19.7 Å². The third-order valence-electron chi connectivity index (χ3n) is 3.56. The molecule has 1 unspecified atom stereocenters. The minimum Gasteiger partial charge on any atom is -0.394 e. The lowest BCUT2D eigenvalue weighted by Crippen LogP contribution is -2.16. The van der Waals surface area contributed by atoms with Crippen LogP contribution < -0.4 is 5.32 Å². The third kappa shape index (κ3) is 2.50. The van der Waals surface area contributed by atoms with Crippen molar-refractivity contribution >= 4 is 16.9 Å². The van der Waals surface area contributed by atoms with Gasteiger partial charge in [0.25, 0.3) is 0 Å². The molecule has 0 amide bonds. The van der Waals surface area contributed by atoms with E-state index in [1.165, 1.54) is 18.5 Å². The van der Waals surface area contributed by atoms with Gasteiger partial charge in [0, 0.05) is 7.05 Å². The summed E-state index contributed by atoms with van der Waals surface area (Å²) in [6.07, 6.45) is 1.45. The Balaban J connectivity index is 1.99. The van der Waals surface area contributed by atoms with Crippen molar-refractivity contribution in [2.24, 2.45) is 7.05 Å². The monoisotopic (exact) mass is 301 g/mol. The minimum absolute atomic E-state index is 0.142. The number of nitrogens with zero attached hydrogens (tertiary/aromatic N) is 4. The Bertz CT molecular complexity index is 800. The zero-order chi connectivity index (χ0) is 15.7. The van der Waals surface area contributed by atoms with Crippen LogP contribution in [0.5, 0.6) is 0 Å². The van der Waals surface area contributed by atoms with Crippen LogP contribution in [0.1, 0.15) is 17.3 Å². The quantitative estimate of drug-likeness (QED) is 0.770. The molecule has 2 aromatic heterocycles. The predicted octanol–water partition coefficient (Wildman–Crippen LogP) is 1.96. The second-order valence-corrected chi connectivity index (χ2v) is 5.06. The largest absolute Gasteiger partial charge is 0.394 e. The number of fused-ring (bicyclic) bond motifs is 1. The van der Waals surface area contributed by atoms with Gasteiger partial charge in [0.1, 0.15) is 18.0 Å². The summed E-state index contributed by atoms with van der Waals surface area (Å²) in [6.45, 7) is 1.74. The Morgan fingerprint density at radius 1 is 1.27 bits per heavy atom. The van der Waals surface area contributed by atoms with Gasteiger partial charge < -0.3 is 10.4 Å². The number of aliphatic hydroxyl groups excluding tert-OH is 1. The molecule has 6 nitrogen and oxygen atoms in total. The summed E-state index contributed by atoms with van der Waals surface area (Å²) in [4.78, 5) is 8.47. The first kappa shape index (κ1) is 14.4. The first-order chi connectivity index (χ1) is 10.6. The molecule has 1 atom stereocenters. The first-order valence-electron chi connectivity index (χ1n) is 6.87. The van der Waals surface area contributed by atoms with Crippen LogP contribution >= 0.6 is 0 Å². The molecule has 7 heteroatoms. The van der Waals surface area contributed by atoms with Gasteiger partial charge in [-0.1, -0.05) is 12.1 Å². The number of anilines is 1. The molecule has 0 radical (unpaired) electrons. The normalized spacial score (nSPS) is 12.5. The fourth-order valence-corrected chi connectivity index (χ4v) is 2.48. The smallest absolute Gasteiger partial charge is 0.163 e. The Morgan fingerprint density at radius 2 is 2.00 bits per heavy atom. The highest BCUT2D eigenvalue weighted by Gasteiger charge is 2.16. The molecule has 3 rings (SSSR count). The van der Waals surface area contributed by atoms with Gasteiger partial charge in [-0.15, -0.1) is 0 Å². The maximum absolute atomic E-state index is 13.0. The second-order valence-electron chi connectivity index (χ2n) is 5.06. The van der Waals surface area contributed by atoms with Crippen LogP contribution in [0.2, 0.25) is 0 Å². The van der Waals surface area contributed by atoms with Gasteiger partial charge in [-0.05, 0) is 24.6 Å². The number of aromatic nitrogens is 4. The fraction of sp³-hybridized carbons (Fsp3) is 0.267. The van der Waals surface area contributed by atoms with Gasteiger partial charge in [-0.3, -0.25) is 4.68 Å². The van der Waals surface area contributed by atoms with E-state index in [1.807, 2.05) is 14.0 Å². The molecule has 0 spiro atoms. The summed E-state index contributed by atoms with van der Waals surface area (Å²) in [5.74, 6) is 0.284. The number of aryl methyl sites for hydroxylation is 2. The van der Waals surface area contributed by atoms with Crippen molar-refractivity contribution in [2.75, 3.05) is 11.9 Å². The SMILES string of the molecule is Cc1nn(C)c2ncnc(NC(CO)c3ccc(F)cc3)c12.